The van der Waals surface area contributed by atoms with Crippen LogP contribution in [0.2, 0.25) is 0 Å². The molecule has 6 nitrogen and oxygen atoms in total. The Labute approximate surface area is 142 Å². The molecule has 2 atom stereocenters. The van der Waals surface area contributed by atoms with Gasteiger partial charge in [-0.15, -0.1) is 0 Å². The Morgan fingerprint density at radius 1 is 1.39 bits per heavy atom. The van der Waals surface area contributed by atoms with Crippen molar-refractivity contribution in [2.24, 2.45) is 11.1 Å². The summed E-state index contributed by atoms with van der Waals surface area (Å²) in [6.07, 6.45) is 1.02. The van der Waals surface area contributed by atoms with E-state index < -0.39 is 12.2 Å². The van der Waals surface area contributed by atoms with E-state index in [1.165, 1.54) is 0 Å². The summed E-state index contributed by atoms with van der Waals surface area (Å²) in [5, 5.41) is 3.88. The smallest absolute Gasteiger partial charge is 0.356 e. The van der Waals surface area contributed by atoms with Gasteiger partial charge in [-0.2, -0.15) is 0 Å². The number of fused-ring (bicyclic) bond motifs is 1. The van der Waals surface area contributed by atoms with Crippen molar-refractivity contribution in [3.05, 3.63) is 34.3 Å². The summed E-state index contributed by atoms with van der Waals surface area (Å²) < 4.78 is 5.92. The first kappa shape index (κ1) is 16.0. The lowest BCUT2D eigenvalue weighted by Crippen LogP contribution is -2.49. The third-order valence-electron chi connectivity index (χ3n) is 4.01. The van der Waals surface area contributed by atoms with E-state index in [4.69, 9.17) is 9.57 Å². The number of nitrogens with zero attached hydrogens (tertiary/aromatic N) is 2. The van der Waals surface area contributed by atoms with Gasteiger partial charge in [-0.1, -0.05) is 21.1 Å². The van der Waals surface area contributed by atoms with Crippen LogP contribution in [0.3, 0.4) is 0 Å². The van der Waals surface area contributed by atoms with Gasteiger partial charge in [0.05, 0.1) is 12.5 Å². The molecule has 0 bridgehead atoms. The van der Waals surface area contributed by atoms with E-state index in [1.807, 2.05) is 12.1 Å². The highest BCUT2D eigenvalue weighted by molar-refractivity contribution is 9.10. The fraction of sp³-hybridized carbons (Fsp3) is 0.438. The number of piperidine rings is 1. The maximum absolute atomic E-state index is 12.7. The molecule has 1 aromatic carbocycles. The van der Waals surface area contributed by atoms with E-state index in [-0.39, 0.29) is 24.1 Å². The van der Waals surface area contributed by atoms with E-state index in [0.29, 0.717) is 12.1 Å². The van der Waals surface area contributed by atoms with Gasteiger partial charge in [-0.25, -0.2) is 4.79 Å². The third kappa shape index (κ3) is 3.10. The van der Waals surface area contributed by atoms with Crippen LogP contribution in [0.25, 0.3) is 0 Å². The molecule has 1 saturated heterocycles. The molecule has 0 spiro atoms. The van der Waals surface area contributed by atoms with Crippen LogP contribution in [0.4, 0.5) is 0 Å². The number of esters is 1. The molecule has 1 aromatic rings. The molecule has 122 valence electrons. The largest absolute Gasteiger partial charge is 0.461 e. The van der Waals surface area contributed by atoms with Gasteiger partial charge >= 0.3 is 5.97 Å². The van der Waals surface area contributed by atoms with Crippen LogP contribution in [0.5, 0.6) is 0 Å². The van der Waals surface area contributed by atoms with Crippen molar-refractivity contribution in [1.82, 2.24) is 4.90 Å². The van der Waals surface area contributed by atoms with Crippen molar-refractivity contribution in [2.75, 3.05) is 13.2 Å². The van der Waals surface area contributed by atoms with E-state index in [2.05, 4.69) is 21.1 Å². The average Bonchev–Trinajstić information content (AvgIpc) is 2.99. The van der Waals surface area contributed by atoms with Gasteiger partial charge in [0.25, 0.3) is 5.91 Å². The summed E-state index contributed by atoms with van der Waals surface area (Å²) in [7, 11) is 0. The molecule has 0 aliphatic carbocycles. The van der Waals surface area contributed by atoms with Crippen molar-refractivity contribution in [3.8, 4) is 0 Å². The summed E-state index contributed by atoms with van der Waals surface area (Å²) in [5.74, 6) is -0.798. The van der Waals surface area contributed by atoms with E-state index in [9.17, 15) is 9.59 Å². The normalized spacial score (nSPS) is 22.9. The van der Waals surface area contributed by atoms with Crippen LogP contribution in [0, 0.1) is 5.92 Å². The van der Waals surface area contributed by atoms with Crippen LogP contribution in [0.15, 0.2) is 33.9 Å². The van der Waals surface area contributed by atoms with Crippen LogP contribution in [-0.4, -0.2) is 41.9 Å². The zero-order chi connectivity index (χ0) is 16.4. The second kappa shape index (κ2) is 6.70. The minimum atomic E-state index is -0.528. The minimum absolute atomic E-state index is 0.118. The van der Waals surface area contributed by atoms with Gasteiger partial charge in [0.1, 0.15) is 0 Å². The lowest BCUT2D eigenvalue weighted by molar-refractivity contribution is -0.135. The molecule has 0 saturated carbocycles. The van der Waals surface area contributed by atoms with E-state index in [0.717, 1.165) is 17.3 Å². The minimum Gasteiger partial charge on any atom is -0.461 e. The topological polar surface area (TPSA) is 68.2 Å². The lowest BCUT2D eigenvalue weighted by atomic mass is 9.91. The monoisotopic (exact) mass is 380 g/mol. The van der Waals surface area contributed by atoms with Crippen LogP contribution < -0.4 is 0 Å². The number of oxime groups is 1. The molecule has 0 unspecified atom stereocenters. The predicted molar refractivity (Wildman–Crippen MR) is 86.8 cm³/mol. The van der Waals surface area contributed by atoms with Crippen molar-refractivity contribution < 1.29 is 19.2 Å². The standard InChI is InChI=1S/C16H17BrN2O4/c1-2-22-16(21)13-12-4-3-9-19(15(12)23-18-13)14(20)10-5-7-11(17)8-6-10/h5-8,12,15H,2-4,9H2,1H3/t12-,15+/m0/s1. The number of benzene rings is 1. The number of rotatable bonds is 3. The molecular formula is C16H17BrN2O4. The molecular weight excluding hydrogens is 364 g/mol. The van der Waals surface area contributed by atoms with Crippen LogP contribution >= 0.6 is 15.9 Å². The highest BCUT2D eigenvalue weighted by Crippen LogP contribution is 2.32. The van der Waals surface area contributed by atoms with Crippen molar-refractivity contribution in [2.45, 2.75) is 26.0 Å². The fourth-order valence-electron chi connectivity index (χ4n) is 2.92. The number of ether oxygens (including phenoxy) is 1. The SMILES string of the molecule is CCOC(=O)C1=NO[C@@H]2[C@H]1CCCN2C(=O)c1ccc(Br)cc1. The number of halogens is 1. The predicted octanol–water partition coefficient (Wildman–Crippen LogP) is 2.58. The second-order valence-corrected chi connectivity index (χ2v) is 6.36. The first-order valence-electron chi connectivity index (χ1n) is 7.59. The average molecular weight is 381 g/mol. The van der Waals surface area contributed by atoms with Gasteiger partial charge < -0.3 is 14.5 Å². The summed E-state index contributed by atoms with van der Waals surface area (Å²) in [5.41, 5.74) is 0.868. The second-order valence-electron chi connectivity index (χ2n) is 5.45. The van der Waals surface area contributed by atoms with Gasteiger partial charge in [0, 0.05) is 16.6 Å². The Morgan fingerprint density at radius 3 is 2.83 bits per heavy atom. The maximum atomic E-state index is 12.7. The quantitative estimate of drug-likeness (QED) is 0.755. The summed E-state index contributed by atoms with van der Waals surface area (Å²) in [6, 6.07) is 7.17. The molecule has 2 aliphatic rings. The molecule has 0 radical (unpaired) electrons. The van der Waals surface area contributed by atoms with Gasteiger partial charge in [0.2, 0.25) is 6.23 Å². The summed E-state index contributed by atoms with van der Waals surface area (Å²) in [4.78, 5) is 31.7. The molecule has 0 aromatic heterocycles. The molecule has 7 heteroatoms. The maximum Gasteiger partial charge on any atom is 0.356 e. The molecule has 1 fully saturated rings. The Bertz CT molecular complexity index is 644. The third-order valence-corrected chi connectivity index (χ3v) is 4.54. The Hall–Kier alpha value is -1.89. The highest BCUT2D eigenvalue weighted by atomic mass is 79.9. The molecule has 1 amide bonds. The van der Waals surface area contributed by atoms with Crippen molar-refractivity contribution in [3.63, 3.8) is 0 Å². The Balaban J connectivity index is 1.77. The fourth-order valence-corrected chi connectivity index (χ4v) is 3.18. The van der Waals surface area contributed by atoms with Crippen LogP contribution in [0.1, 0.15) is 30.1 Å². The first-order chi connectivity index (χ1) is 11.1. The van der Waals surface area contributed by atoms with Gasteiger partial charge in [-0.05, 0) is 44.0 Å². The molecule has 3 rings (SSSR count). The number of likely N-dealkylation sites (tertiary alicyclic amines) is 1. The number of hydrogen-bond donors (Lipinski definition) is 0. The molecule has 23 heavy (non-hydrogen) atoms. The van der Waals surface area contributed by atoms with Crippen molar-refractivity contribution >= 4 is 33.5 Å². The van der Waals surface area contributed by atoms with Gasteiger partial charge in [-0.3, -0.25) is 4.79 Å². The Kier molecular flexibility index (Phi) is 4.66. The summed E-state index contributed by atoms with van der Waals surface area (Å²) in [6.45, 7) is 2.62. The number of amides is 1. The number of carbonyl (C=O) groups is 2. The van der Waals surface area contributed by atoms with E-state index in [1.54, 1.807) is 24.0 Å². The molecule has 2 heterocycles. The van der Waals surface area contributed by atoms with Crippen molar-refractivity contribution in [1.29, 1.82) is 0 Å². The number of hydrogen-bond acceptors (Lipinski definition) is 5. The lowest BCUT2D eigenvalue weighted by Gasteiger charge is -2.35. The molecule has 0 N–H and O–H groups in total. The highest BCUT2D eigenvalue weighted by Gasteiger charge is 2.46. The van der Waals surface area contributed by atoms with Crippen LogP contribution in [-0.2, 0) is 14.4 Å². The summed E-state index contributed by atoms with van der Waals surface area (Å²) >= 11 is 3.35. The molecule has 2 aliphatic heterocycles. The number of carbonyl (C=O) groups excluding carboxylic acids is 2. The Morgan fingerprint density at radius 2 is 2.13 bits per heavy atom. The zero-order valence-corrected chi connectivity index (χ0v) is 14.3. The zero-order valence-electron chi connectivity index (χ0n) is 12.7. The van der Waals surface area contributed by atoms with E-state index >= 15 is 0 Å². The van der Waals surface area contributed by atoms with Gasteiger partial charge in [0.15, 0.2) is 5.71 Å². The first-order valence-corrected chi connectivity index (χ1v) is 8.38.